The van der Waals surface area contributed by atoms with E-state index < -0.39 is 10.0 Å². The number of rotatable bonds is 7. The zero-order chi connectivity index (χ0) is 23.4. The Labute approximate surface area is 200 Å². The minimum absolute atomic E-state index is 0.362. The molecule has 0 saturated carbocycles. The van der Waals surface area contributed by atoms with E-state index in [9.17, 15) is 8.42 Å². The smallest absolute Gasteiger partial charge is 0.243 e. The monoisotopic (exact) mass is 473 g/mol. The van der Waals surface area contributed by atoms with Gasteiger partial charge in [-0.3, -0.25) is 9.88 Å². The van der Waals surface area contributed by atoms with Crippen LogP contribution in [0.25, 0.3) is 10.8 Å². The second-order valence-corrected chi connectivity index (χ2v) is 10.4. The molecule has 0 spiro atoms. The lowest BCUT2D eigenvalue weighted by molar-refractivity contribution is 0.181. The molecule has 7 heteroatoms. The van der Waals surface area contributed by atoms with Crippen molar-refractivity contribution in [2.75, 3.05) is 26.2 Å². The molecule has 0 N–H and O–H groups in total. The molecule has 3 aromatic carbocycles. The molecule has 2 heterocycles. The molecule has 1 saturated heterocycles. The van der Waals surface area contributed by atoms with Crippen LogP contribution >= 0.6 is 0 Å². The zero-order valence-electron chi connectivity index (χ0n) is 18.9. The van der Waals surface area contributed by atoms with E-state index in [1.807, 2.05) is 60.7 Å². The van der Waals surface area contributed by atoms with Crippen molar-refractivity contribution >= 4 is 20.8 Å². The fourth-order valence-corrected chi connectivity index (χ4v) is 5.65. The third-order valence-electron chi connectivity index (χ3n) is 6.13. The minimum atomic E-state index is -3.50. The van der Waals surface area contributed by atoms with Gasteiger partial charge in [-0.25, -0.2) is 8.42 Å². The Morgan fingerprint density at radius 1 is 0.794 bits per heavy atom. The molecular formula is C27H27N3O3S. The van der Waals surface area contributed by atoms with Crippen LogP contribution in [-0.2, 0) is 23.2 Å². The fraction of sp³-hybridized carbons (Fsp3) is 0.222. The summed E-state index contributed by atoms with van der Waals surface area (Å²) in [6.45, 7) is 3.59. The normalized spacial score (nSPS) is 15.4. The van der Waals surface area contributed by atoms with E-state index in [-0.39, 0.29) is 0 Å². The van der Waals surface area contributed by atoms with Gasteiger partial charge in [-0.05, 0) is 52.7 Å². The number of hydrogen-bond donors (Lipinski definition) is 0. The van der Waals surface area contributed by atoms with Crippen LogP contribution in [0.15, 0.2) is 96.0 Å². The molecule has 1 aromatic heterocycles. The third kappa shape index (κ3) is 5.12. The summed E-state index contributed by atoms with van der Waals surface area (Å²) < 4.78 is 33.8. The van der Waals surface area contributed by atoms with Crippen molar-refractivity contribution in [2.24, 2.45) is 0 Å². The second kappa shape index (κ2) is 9.93. The van der Waals surface area contributed by atoms with Gasteiger partial charge in [-0.1, -0.05) is 48.5 Å². The van der Waals surface area contributed by atoms with Crippen LogP contribution in [0.2, 0.25) is 0 Å². The maximum atomic E-state index is 13.2. The predicted molar refractivity (Wildman–Crippen MR) is 133 cm³/mol. The van der Waals surface area contributed by atoms with Crippen molar-refractivity contribution in [2.45, 2.75) is 18.0 Å². The lowest BCUT2D eigenvalue weighted by Crippen LogP contribution is -2.48. The summed E-state index contributed by atoms with van der Waals surface area (Å²) in [5.41, 5.74) is 2.07. The van der Waals surface area contributed by atoms with Gasteiger partial charge in [0.15, 0.2) is 0 Å². The second-order valence-electron chi connectivity index (χ2n) is 8.44. The molecule has 0 bridgehead atoms. The van der Waals surface area contributed by atoms with Crippen molar-refractivity contribution < 1.29 is 13.2 Å². The number of nitrogens with zero attached hydrogens (tertiary/aromatic N) is 3. The lowest BCUT2D eigenvalue weighted by atomic mass is 10.1. The van der Waals surface area contributed by atoms with Gasteiger partial charge in [-0.2, -0.15) is 4.31 Å². The molecule has 34 heavy (non-hydrogen) atoms. The highest BCUT2D eigenvalue weighted by Gasteiger charge is 2.28. The molecule has 6 nitrogen and oxygen atoms in total. The van der Waals surface area contributed by atoms with E-state index in [2.05, 4.69) is 22.0 Å². The first-order valence-electron chi connectivity index (χ1n) is 11.4. The number of pyridine rings is 1. The number of hydrogen-bond acceptors (Lipinski definition) is 5. The Bertz CT molecular complexity index is 1350. The van der Waals surface area contributed by atoms with Gasteiger partial charge in [0.2, 0.25) is 10.0 Å². The molecule has 174 valence electrons. The molecule has 0 amide bonds. The number of piperazine rings is 1. The lowest BCUT2D eigenvalue weighted by Gasteiger charge is -2.34. The summed E-state index contributed by atoms with van der Waals surface area (Å²) in [4.78, 5) is 6.92. The highest BCUT2D eigenvalue weighted by Crippen LogP contribution is 2.23. The van der Waals surface area contributed by atoms with Gasteiger partial charge >= 0.3 is 0 Å². The van der Waals surface area contributed by atoms with Gasteiger partial charge in [0.1, 0.15) is 12.4 Å². The van der Waals surface area contributed by atoms with E-state index in [4.69, 9.17) is 4.74 Å². The molecule has 1 aliphatic heterocycles. The van der Waals surface area contributed by atoms with Crippen molar-refractivity contribution in [3.05, 3.63) is 102 Å². The van der Waals surface area contributed by atoms with E-state index in [0.717, 1.165) is 28.8 Å². The van der Waals surface area contributed by atoms with Crippen LogP contribution in [0.4, 0.5) is 0 Å². The number of benzene rings is 3. The zero-order valence-corrected chi connectivity index (χ0v) is 19.7. The highest BCUT2D eigenvalue weighted by atomic mass is 32.2. The van der Waals surface area contributed by atoms with Crippen LogP contribution in [0, 0.1) is 0 Å². The van der Waals surface area contributed by atoms with Crippen LogP contribution < -0.4 is 4.74 Å². The Kier molecular flexibility index (Phi) is 6.58. The van der Waals surface area contributed by atoms with Gasteiger partial charge in [0.25, 0.3) is 0 Å². The number of sulfonamides is 1. The van der Waals surface area contributed by atoms with Gasteiger partial charge in [0.05, 0.1) is 10.6 Å². The van der Waals surface area contributed by atoms with Crippen LogP contribution in [0.3, 0.4) is 0 Å². The Morgan fingerprint density at radius 2 is 1.53 bits per heavy atom. The van der Waals surface area contributed by atoms with Crippen LogP contribution in [0.5, 0.6) is 5.75 Å². The number of ether oxygens (including phenoxy) is 1. The maximum Gasteiger partial charge on any atom is 0.243 e. The van der Waals surface area contributed by atoms with Crippen molar-refractivity contribution in [1.82, 2.24) is 14.2 Å². The van der Waals surface area contributed by atoms with E-state index in [1.54, 1.807) is 22.6 Å². The first-order valence-corrected chi connectivity index (χ1v) is 12.8. The quantitative estimate of drug-likeness (QED) is 0.400. The topological polar surface area (TPSA) is 62.7 Å². The number of fused-ring (bicyclic) bond motifs is 1. The molecule has 5 rings (SSSR count). The summed E-state index contributed by atoms with van der Waals surface area (Å²) in [6.07, 6.45) is 1.76. The molecule has 0 radical (unpaired) electrons. The van der Waals surface area contributed by atoms with Gasteiger partial charge < -0.3 is 4.74 Å². The Morgan fingerprint density at radius 3 is 2.26 bits per heavy atom. The van der Waals surface area contributed by atoms with Gasteiger partial charge in [-0.15, -0.1) is 0 Å². The summed E-state index contributed by atoms with van der Waals surface area (Å²) in [5, 5.41) is 1.98. The first kappa shape index (κ1) is 22.5. The highest BCUT2D eigenvalue weighted by molar-refractivity contribution is 7.89. The van der Waals surface area contributed by atoms with E-state index in [0.29, 0.717) is 37.7 Å². The van der Waals surface area contributed by atoms with Gasteiger partial charge in [0, 0.05) is 38.9 Å². The SMILES string of the molecule is O=S(=O)(c1ccc2ccccc2c1)N1CCN(Cc2ccc(OCc3ccccn3)cc2)CC1. The van der Waals surface area contributed by atoms with E-state index in [1.165, 1.54) is 5.56 Å². The average Bonchev–Trinajstić information content (AvgIpc) is 2.89. The predicted octanol–water partition coefficient (Wildman–Crippen LogP) is 4.32. The fourth-order valence-electron chi connectivity index (χ4n) is 4.19. The Hall–Kier alpha value is -3.26. The average molecular weight is 474 g/mol. The molecule has 0 aliphatic carbocycles. The van der Waals surface area contributed by atoms with Crippen molar-refractivity contribution in [3.63, 3.8) is 0 Å². The molecular weight excluding hydrogens is 446 g/mol. The maximum absolute atomic E-state index is 13.2. The van der Waals surface area contributed by atoms with Crippen molar-refractivity contribution in [1.29, 1.82) is 0 Å². The summed E-state index contributed by atoms with van der Waals surface area (Å²) in [7, 11) is -3.50. The molecule has 0 atom stereocenters. The van der Waals surface area contributed by atoms with Crippen LogP contribution in [-0.4, -0.2) is 48.8 Å². The number of aromatic nitrogens is 1. The molecule has 1 fully saturated rings. The molecule has 4 aromatic rings. The summed E-state index contributed by atoms with van der Waals surface area (Å²) in [6, 6.07) is 27.0. The summed E-state index contributed by atoms with van der Waals surface area (Å²) >= 11 is 0. The van der Waals surface area contributed by atoms with E-state index >= 15 is 0 Å². The van der Waals surface area contributed by atoms with Crippen LogP contribution in [0.1, 0.15) is 11.3 Å². The molecule has 1 aliphatic rings. The molecule has 0 unspecified atom stereocenters. The third-order valence-corrected chi connectivity index (χ3v) is 8.03. The first-order chi connectivity index (χ1) is 16.6. The summed E-state index contributed by atoms with van der Waals surface area (Å²) in [5.74, 6) is 0.806. The Balaban J connectivity index is 1.15. The standard InChI is InChI=1S/C27H27N3O3S/c31-34(32,27-13-10-23-5-1-2-6-24(23)19-27)30-17-15-29(16-18-30)20-22-8-11-26(12-9-22)33-21-25-7-3-4-14-28-25/h1-14,19H,15-18,20-21H2. The van der Waals surface area contributed by atoms with Crippen molar-refractivity contribution in [3.8, 4) is 5.75 Å². The largest absolute Gasteiger partial charge is 0.487 e. The minimum Gasteiger partial charge on any atom is -0.487 e.